The number of fused-ring (bicyclic) bond motifs is 1. The van der Waals surface area contributed by atoms with Crippen LogP contribution in [0.25, 0.3) is 22.2 Å². The zero-order valence-electron chi connectivity index (χ0n) is 11.4. The number of carbonyl (C=O) groups is 1. The summed E-state index contributed by atoms with van der Waals surface area (Å²) in [6.07, 6.45) is 2.70. The van der Waals surface area contributed by atoms with Crippen molar-refractivity contribution >= 4 is 16.9 Å². The van der Waals surface area contributed by atoms with Gasteiger partial charge in [0, 0.05) is 19.1 Å². The van der Waals surface area contributed by atoms with Crippen LogP contribution in [-0.4, -0.2) is 11.1 Å². The number of ether oxygens (including phenoxy) is 1. The summed E-state index contributed by atoms with van der Waals surface area (Å²) in [4.78, 5) is 23.5. The SMILES string of the molecule is CC(=O)Oc1cc(C)c2c(=O)c(-c3ccon3)coc2c1. The lowest BCUT2D eigenvalue weighted by Crippen LogP contribution is -2.08. The van der Waals surface area contributed by atoms with Gasteiger partial charge in [-0.3, -0.25) is 9.59 Å². The molecule has 0 aliphatic rings. The lowest BCUT2D eigenvalue weighted by Gasteiger charge is -2.06. The van der Waals surface area contributed by atoms with Crippen LogP contribution in [0.1, 0.15) is 12.5 Å². The van der Waals surface area contributed by atoms with Gasteiger partial charge in [0.15, 0.2) is 0 Å². The number of aromatic nitrogens is 1. The molecule has 0 saturated carbocycles. The van der Waals surface area contributed by atoms with E-state index in [1.807, 2.05) is 0 Å². The number of hydrogen-bond donors (Lipinski definition) is 0. The lowest BCUT2D eigenvalue weighted by atomic mass is 10.1. The van der Waals surface area contributed by atoms with Crippen LogP contribution >= 0.6 is 0 Å². The minimum Gasteiger partial charge on any atom is -0.463 e. The van der Waals surface area contributed by atoms with E-state index in [0.29, 0.717) is 33.5 Å². The summed E-state index contributed by atoms with van der Waals surface area (Å²) in [7, 11) is 0. The van der Waals surface area contributed by atoms with Gasteiger partial charge in [-0.2, -0.15) is 0 Å². The first-order valence-electron chi connectivity index (χ1n) is 6.21. The molecule has 21 heavy (non-hydrogen) atoms. The summed E-state index contributed by atoms with van der Waals surface area (Å²) in [5, 5.41) is 4.16. The zero-order chi connectivity index (χ0) is 15.0. The predicted octanol–water partition coefficient (Wildman–Crippen LogP) is 2.68. The van der Waals surface area contributed by atoms with Crippen molar-refractivity contribution in [3.8, 4) is 17.0 Å². The van der Waals surface area contributed by atoms with Crippen molar-refractivity contribution in [2.24, 2.45) is 0 Å². The van der Waals surface area contributed by atoms with Gasteiger partial charge in [-0.15, -0.1) is 0 Å². The number of carbonyl (C=O) groups excluding carboxylic acids is 1. The molecule has 0 aliphatic heterocycles. The molecule has 0 atom stereocenters. The van der Waals surface area contributed by atoms with Gasteiger partial charge in [-0.05, 0) is 18.6 Å². The van der Waals surface area contributed by atoms with Gasteiger partial charge in [0.2, 0.25) is 5.43 Å². The van der Waals surface area contributed by atoms with E-state index in [-0.39, 0.29) is 5.43 Å². The monoisotopic (exact) mass is 285 g/mol. The molecular weight excluding hydrogens is 274 g/mol. The molecule has 2 heterocycles. The highest BCUT2D eigenvalue weighted by Gasteiger charge is 2.14. The van der Waals surface area contributed by atoms with Gasteiger partial charge in [-0.25, -0.2) is 0 Å². The molecule has 0 unspecified atom stereocenters. The highest BCUT2D eigenvalue weighted by atomic mass is 16.5. The van der Waals surface area contributed by atoms with E-state index in [4.69, 9.17) is 13.7 Å². The van der Waals surface area contributed by atoms with Gasteiger partial charge in [0.1, 0.15) is 29.6 Å². The molecular formula is C15H11NO5. The summed E-state index contributed by atoms with van der Waals surface area (Å²) in [5.41, 5.74) is 1.53. The van der Waals surface area contributed by atoms with Gasteiger partial charge in [0.05, 0.1) is 10.9 Å². The Balaban J connectivity index is 2.23. The first-order chi connectivity index (χ1) is 10.1. The minimum atomic E-state index is -0.435. The largest absolute Gasteiger partial charge is 0.463 e. The molecule has 3 aromatic rings. The Morgan fingerprint density at radius 3 is 2.81 bits per heavy atom. The molecule has 0 aliphatic carbocycles. The molecule has 6 heteroatoms. The number of benzene rings is 1. The summed E-state index contributed by atoms with van der Waals surface area (Å²) in [6.45, 7) is 3.06. The molecule has 2 aromatic heterocycles. The first kappa shape index (κ1) is 13.1. The van der Waals surface area contributed by atoms with E-state index in [2.05, 4.69) is 5.16 Å². The lowest BCUT2D eigenvalue weighted by molar-refractivity contribution is -0.131. The van der Waals surface area contributed by atoms with Gasteiger partial charge in [0.25, 0.3) is 0 Å². The Bertz CT molecular complexity index is 877. The van der Waals surface area contributed by atoms with Crippen LogP contribution in [0, 0.1) is 6.92 Å². The van der Waals surface area contributed by atoms with Crippen molar-refractivity contribution < 1.29 is 18.5 Å². The predicted molar refractivity (Wildman–Crippen MR) is 74.0 cm³/mol. The fraction of sp³-hybridized carbons (Fsp3) is 0.133. The molecule has 1 aromatic carbocycles. The second-order valence-corrected chi connectivity index (χ2v) is 4.57. The number of aryl methyl sites for hydroxylation is 1. The zero-order valence-corrected chi connectivity index (χ0v) is 11.4. The molecule has 0 N–H and O–H groups in total. The highest BCUT2D eigenvalue weighted by molar-refractivity contribution is 5.85. The van der Waals surface area contributed by atoms with Gasteiger partial charge < -0.3 is 13.7 Å². The topological polar surface area (TPSA) is 82.5 Å². The molecule has 0 amide bonds. The van der Waals surface area contributed by atoms with E-state index >= 15 is 0 Å². The van der Waals surface area contributed by atoms with Crippen LogP contribution in [0.2, 0.25) is 0 Å². The van der Waals surface area contributed by atoms with Crippen molar-refractivity contribution in [1.29, 1.82) is 0 Å². The van der Waals surface area contributed by atoms with Crippen molar-refractivity contribution in [3.63, 3.8) is 0 Å². The minimum absolute atomic E-state index is 0.211. The summed E-state index contributed by atoms with van der Waals surface area (Å²) in [6, 6.07) is 4.71. The van der Waals surface area contributed by atoms with E-state index < -0.39 is 5.97 Å². The molecule has 6 nitrogen and oxygen atoms in total. The van der Waals surface area contributed by atoms with Gasteiger partial charge in [-0.1, -0.05) is 5.16 Å². The molecule has 0 radical (unpaired) electrons. The maximum Gasteiger partial charge on any atom is 0.308 e. The van der Waals surface area contributed by atoms with E-state index in [0.717, 1.165) is 0 Å². The Kier molecular flexibility index (Phi) is 3.06. The molecule has 0 fully saturated rings. The first-order valence-corrected chi connectivity index (χ1v) is 6.21. The van der Waals surface area contributed by atoms with E-state index in [1.54, 1.807) is 19.1 Å². The third-order valence-corrected chi connectivity index (χ3v) is 3.02. The number of esters is 1. The second kappa shape index (κ2) is 4.90. The standard InChI is InChI=1S/C15H11NO5/c1-8-5-10(21-9(2)17)6-13-14(8)15(18)11(7-19-13)12-3-4-20-16-12/h3-7H,1-2H3. The van der Waals surface area contributed by atoms with Crippen LogP contribution < -0.4 is 10.2 Å². The maximum absolute atomic E-state index is 12.5. The van der Waals surface area contributed by atoms with Gasteiger partial charge >= 0.3 is 5.97 Å². The Labute approximate surface area is 118 Å². The average Bonchev–Trinajstić information content (AvgIpc) is 2.91. The van der Waals surface area contributed by atoms with E-state index in [9.17, 15) is 9.59 Å². The van der Waals surface area contributed by atoms with Crippen molar-refractivity contribution in [3.05, 3.63) is 46.5 Å². The third-order valence-electron chi connectivity index (χ3n) is 3.02. The van der Waals surface area contributed by atoms with Crippen molar-refractivity contribution in [2.45, 2.75) is 13.8 Å². The number of rotatable bonds is 2. The molecule has 106 valence electrons. The normalized spacial score (nSPS) is 10.8. The number of hydrogen-bond acceptors (Lipinski definition) is 6. The Morgan fingerprint density at radius 2 is 2.14 bits per heavy atom. The second-order valence-electron chi connectivity index (χ2n) is 4.57. The third kappa shape index (κ3) is 2.31. The fourth-order valence-electron chi connectivity index (χ4n) is 2.17. The summed E-state index contributed by atoms with van der Waals surface area (Å²) >= 11 is 0. The Morgan fingerprint density at radius 1 is 1.33 bits per heavy atom. The number of nitrogens with zero attached hydrogens (tertiary/aromatic N) is 1. The molecule has 0 saturated heterocycles. The smallest absolute Gasteiger partial charge is 0.308 e. The van der Waals surface area contributed by atoms with Crippen molar-refractivity contribution in [2.75, 3.05) is 0 Å². The quantitative estimate of drug-likeness (QED) is 0.531. The molecule has 0 spiro atoms. The highest BCUT2D eigenvalue weighted by Crippen LogP contribution is 2.25. The fourth-order valence-corrected chi connectivity index (χ4v) is 2.17. The van der Waals surface area contributed by atoms with Crippen LogP contribution in [0.5, 0.6) is 5.75 Å². The van der Waals surface area contributed by atoms with Crippen LogP contribution in [0.15, 0.2) is 44.5 Å². The van der Waals surface area contributed by atoms with Crippen molar-refractivity contribution in [1.82, 2.24) is 5.16 Å². The van der Waals surface area contributed by atoms with Crippen LogP contribution in [0.3, 0.4) is 0 Å². The molecule has 3 rings (SSSR count). The van der Waals surface area contributed by atoms with Crippen LogP contribution in [0.4, 0.5) is 0 Å². The maximum atomic E-state index is 12.5. The molecule has 0 bridgehead atoms. The summed E-state index contributed by atoms with van der Waals surface area (Å²) < 4.78 is 15.2. The van der Waals surface area contributed by atoms with Crippen LogP contribution in [-0.2, 0) is 4.79 Å². The Hall–Kier alpha value is -2.89. The average molecular weight is 285 g/mol. The summed E-state index contributed by atoms with van der Waals surface area (Å²) in [5.74, 6) is -0.0971. The van der Waals surface area contributed by atoms with E-state index in [1.165, 1.54) is 25.5 Å².